The summed E-state index contributed by atoms with van der Waals surface area (Å²) in [7, 11) is 0. The zero-order valence-corrected chi connectivity index (χ0v) is 18.1. The number of carbonyl (C=O) groups excluding carboxylic acids is 2. The lowest BCUT2D eigenvalue weighted by Gasteiger charge is -2.08. The number of thioether (sulfide) groups is 1. The number of aryl methyl sites for hydroxylation is 1. The van der Waals surface area contributed by atoms with Crippen LogP contribution in [0.3, 0.4) is 0 Å². The summed E-state index contributed by atoms with van der Waals surface area (Å²) < 4.78 is 14.7. The van der Waals surface area contributed by atoms with Gasteiger partial charge in [-0.25, -0.2) is 0 Å². The Bertz CT molecular complexity index is 1060. The van der Waals surface area contributed by atoms with Crippen molar-refractivity contribution in [3.8, 4) is 11.6 Å². The standard InChI is InChI=1S/C21H24N4O4S/c1-4-24-20(18-6-5-9-28-18)22-23-21(24)30-12-19(27)29-11-17(26)16-10-13(2)25(14(16)3)15-7-8-15/h5-6,9-10,15H,4,7-8,11-12H2,1-3H3. The molecule has 0 aliphatic heterocycles. The molecule has 0 aromatic carbocycles. The van der Waals surface area contributed by atoms with Crippen LogP contribution < -0.4 is 0 Å². The summed E-state index contributed by atoms with van der Waals surface area (Å²) in [6.07, 6.45) is 3.88. The normalized spacial score (nSPS) is 13.6. The third kappa shape index (κ3) is 4.07. The van der Waals surface area contributed by atoms with E-state index < -0.39 is 5.97 Å². The van der Waals surface area contributed by atoms with Crippen molar-refractivity contribution >= 4 is 23.5 Å². The lowest BCUT2D eigenvalue weighted by molar-refractivity contribution is -0.139. The molecule has 3 aromatic heterocycles. The van der Waals surface area contributed by atoms with Crippen molar-refractivity contribution in [2.75, 3.05) is 12.4 Å². The summed E-state index contributed by atoms with van der Waals surface area (Å²) in [4.78, 5) is 24.7. The Labute approximate surface area is 178 Å². The van der Waals surface area contributed by atoms with E-state index in [9.17, 15) is 9.59 Å². The van der Waals surface area contributed by atoms with E-state index in [0.717, 1.165) is 24.2 Å². The minimum absolute atomic E-state index is 0.0463. The number of furan rings is 1. The van der Waals surface area contributed by atoms with Gasteiger partial charge < -0.3 is 13.7 Å². The summed E-state index contributed by atoms with van der Waals surface area (Å²) in [5.41, 5.74) is 2.66. The summed E-state index contributed by atoms with van der Waals surface area (Å²) in [6, 6.07) is 5.99. The van der Waals surface area contributed by atoms with Crippen molar-refractivity contribution in [2.24, 2.45) is 0 Å². The van der Waals surface area contributed by atoms with Crippen LogP contribution in [0, 0.1) is 13.8 Å². The molecule has 158 valence electrons. The fourth-order valence-electron chi connectivity index (χ4n) is 3.61. The number of rotatable bonds is 9. The molecule has 0 saturated heterocycles. The largest absolute Gasteiger partial charge is 0.461 e. The Hall–Kier alpha value is -2.81. The van der Waals surface area contributed by atoms with Gasteiger partial charge in [-0.15, -0.1) is 10.2 Å². The highest BCUT2D eigenvalue weighted by Gasteiger charge is 2.28. The molecule has 0 bridgehead atoms. The molecule has 0 radical (unpaired) electrons. The fraction of sp³-hybridized carbons (Fsp3) is 0.429. The number of nitrogens with zero attached hydrogens (tertiary/aromatic N) is 4. The third-order valence-corrected chi connectivity index (χ3v) is 6.10. The maximum absolute atomic E-state index is 12.6. The molecule has 0 N–H and O–H groups in total. The first-order valence-corrected chi connectivity index (χ1v) is 10.9. The molecule has 0 unspecified atom stereocenters. The number of hydrogen-bond donors (Lipinski definition) is 0. The highest BCUT2D eigenvalue weighted by atomic mass is 32.2. The number of ether oxygens (including phenoxy) is 1. The third-order valence-electron chi connectivity index (χ3n) is 5.15. The highest BCUT2D eigenvalue weighted by Crippen LogP contribution is 2.38. The van der Waals surface area contributed by atoms with E-state index >= 15 is 0 Å². The van der Waals surface area contributed by atoms with Gasteiger partial charge in [0.05, 0.1) is 12.0 Å². The van der Waals surface area contributed by atoms with Gasteiger partial charge in [-0.3, -0.25) is 14.2 Å². The number of Topliss-reactive ketones (excluding diaryl/α,β-unsaturated/α-hetero) is 1. The Balaban J connectivity index is 1.33. The van der Waals surface area contributed by atoms with Crippen molar-refractivity contribution in [1.82, 2.24) is 19.3 Å². The van der Waals surface area contributed by atoms with Crippen LogP contribution >= 0.6 is 11.8 Å². The van der Waals surface area contributed by atoms with E-state index in [1.54, 1.807) is 12.3 Å². The topological polar surface area (TPSA) is 92.2 Å². The minimum Gasteiger partial charge on any atom is -0.461 e. The van der Waals surface area contributed by atoms with E-state index in [1.165, 1.54) is 11.8 Å². The summed E-state index contributed by atoms with van der Waals surface area (Å²) in [5, 5.41) is 8.89. The second-order valence-corrected chi connectivity index (χ2v) is 8.23. The summed E-state index contributed by atoms with van der Waals surface area (Å²) in [6.45, 7) is 6.30. The SMILES string of the molecule is CCn1c(SCC(=O)OCC(=O)c2cc(C)n(C3CC3)c2C)nnc1-c1ccco1. The van der Waals surface area contributed by atoms with Crippen LogP contribution in [0.5, 0.6) is 0 Å². The Morgan fingerprint density at radius 2 is 2.10 bits per heavy atom. The van der Waals surface area contributed by atoms with Gasteiger partial charge in [-0.1, -0.05) is 11.8 Å². The first-order valence-electron chi connectivity index (χ1n) is 9.96. The molecule has 0 spiro atoms. The van der Waals surface area contributed by atoms with E-state index in [2.05, 4.69) is 14.8 Å². The summed E-state index contributed by atoms with van der Waals surface area (Å²) >= 11 is 1.22. The molecule has 1 saturated carbocycles. The van der Waals surface area contributed by atoms with Crippen LogP contribution in [0.4, 0.5) is 0 Å². The van der Waals surface area contributed by atoms with Crippen molar-refractivity contribution < 1.29 is 18.7 Å². The second kappa shape index (κ2) is 8.51. The minimum atomic E-state index is -0.463. The number of esters is 1. The Morgan fingerprint density at radius 3 is 2.77 bits per heavy atom. The molecule has 1 fully saturated rings. The zero-order valence-electron chi connectivity index (χ0n) is 17.3. The average Bonchev–Trinajstić information content (AvgIpc) is 3.15. The van der Waals surface area contributed by atoms with E-state index in [1.807, 2.05) is 37.5 Å². The number of aromatic nitrogens is 4. The smallest absolute Gasteiger partial charge is 0.316 e. The van der Waals surface area contributed by atoms with Crippen molar-refractivity contribution in [3.63, 3.8) is 0 Å². The van der Waals surface area contributed by atoms with Gasteiger partial charge in [-0.05, 0) is 51.8 Å². The average molecular weight is 429 g/mol. The lowest BCUT2D eigenvalue weighted by Crippen LogP contribution is -2.16. The quantitative estimate of drug-likeness (QED) is 0.290. The molecule has 1 aliphatic carbocycles. The van der Waals surface area contributed by atoms with Crippen molar-refractivity contribution in [1.29, 1.82) is 0 Å². The molecule has 0 amide bonds. The van der Waals surface area contributed by atoms with Crippen molar-refractivity contribution in [2.45, 2.75) is 51.4 Å². The van der Waals surface area contributed by atoms with Crippen LogP contribution in [-0.2, 0) is 16.1 Å². The Morgan fingerprint density at radius 1 is 1.30 bits per heavy atom. The maximum atomic E-state index is 12.6. The van der Waals surface area contributed by atoms with Gasteiger partial charge in [0.2, 0.25) is 5.78 Å². The van der Waals surface area contributed by atoms with Crippen LogP contribution in [0.1, 0.15) is 47.6 Å². The maximum Gasteiger partial charge on any atom is 0.316 e. The number of carbonyl (C=O) groups is 2. The molecule has 30 heavy (non-hydrogen) atoms. The number of hydrogen-bond acceptors (Lipinski definition) is 7. The molecule has 9 heteroatoms. The second-order valence-electron chi connectivity index (χ2n) is 7.29. The predicted octanol–water partition coefficient (Wildman–Crippen LogP) is 3.83. The van der Waals surface area contributed by atoms with Gasteiger partial charge in [0.25, 0.3) is 0 Å². The first kappa shape index (κ1) is 20.5. The van der Waals surface area contributed by atoms with E-state index in [4.69, 9.17) is 9.15 Å². The van der Waals surface area contributed by atoms with Crippen LogP contribution in [0.2, 0.25) is 0 Å². The van der Waals surface area contributed by atoms with Gasteiger partial charge in [-0.2, -0.15) is 0 Å². The molecule has 8 nitrogen and oxygen atoms in total. The van der Waals surface area contributed by atoms with Crippen LogP contribution in [-0.4, -0.2) is 43.4 Å². The lowest BCUT2D eigenvalue weighted by atomic mass is 10.1. The fourth-order valence-corrected chi connectivity index (χ4v) is 4.41. The van der Waals surface area contributed by atoms with Crippen LogP contribution in [0.25, 0.3) is 11.6 Å². The predicted molar refractivity (Wildman–Crippen MR) is 112 cm³/mol. The molecular weight excluding hydrogens is 404 g/mol. The van der Waals surface area contributed by atoms with Gasteiger partial charge in [0.1, 0.15) is 0 Å². The highest BCUT2D eigenvalue weighted by molar-refractivity contribution is 7.99. The first-order chi connectivity index (χ1) is 14.5. The zero-order chi connectivity index (χ0) is 21.3. The molecule has 1 aliphatic rings. The van der Waals surface area contributed by atoms with E-state index in [-0.39, 0.29) is 18.1 Å². The monoisotopic (exact) mass is 428 g/mol. The molecule has 3 heterocycles. The Kier molecular flexibility index (Phi) is 5.80. The molecular formula is C21H24N4O4S. The molecule has 3 aromatic rings. The molecule has 0 atom stereocenters. The summed E-state index contributed by atoms with van der Waals surface area (Å²) in [5.74, 6) is 0.637. The van der Waals surface area contributed by atoms with Crippen LogP contribution in [0.15, 0.2) is 34.0 Å². The van der Waals surface area contributed by atoms with Gasteiger partial charge >= 0.3 is 5.97 Å². The number of ketones is 1. The van der Waals surface area contributed by atoms with Crippen molar-refractivity contribution in [3.05, 3.63) is 41.4 Å². The molecule has 4 rings (SSSR count). The van der Waals surface area contributed by atoms with E-state index in [0.29, 0.717) is 34.9 Å². The van der Waals surface area contributed by atoms with Gasteiger partial charge in [0, 0.05) is 29.5 Å². The van der Waals surface area contributed by atoms with Gasteiger partial charge in [0.15, 0.2) is 23.3 Å².